The smallest absolute Gasteiger partial charge is 0.0849 e. The highest BCUT2D eigenvalue weighted by Gasteiger charge is 2.26. The zero-order valence-electron chi connectivity index (χ0n) is 11.7. The average molecular weight is 264 g/mol. The summed E-state index contributed by atoms with van der Waals surface area (Å²) < 4.78 is 5.65. The van der Waals surface area contributed by atoms with E-state index >= 15 is 0 Å². The van der Waals surface area contributed by atoms with Gasteiger partial charge in [-0.3, -0.25) is 0 Å². The SMILES string of the molecule is C=CC[C@@H](O)[C@H](C)[C@@H](O)[C@H](C)OCc1ccccc1. The van der Waals surface area contributed by atoms with Crippen molar-refractivity contribution in [2.45, 2.75) is 45.2 Å². The zero-order chi connectivity index (χ0) is 14.3. The van der Waals surface area contributed by atoms with E-state index < -0.39 is 12.2 Å². The minimum Gasteiger partial charge on any atom is -0.392 e. The molecule has 0 aromatic heterocycles. The molecule has 0 radical (unpaired) electrons. The van der Waals surface area contributed by atoms with Crippen molar-refractivity contribution in [1.29, 1.82) is 0 Å². The number of hydrogen-bond acceptors (Lipinski definition) is 3. The van der Waals surface area contributed by atoms with Crippen LogP contribution < -0.4 is 0 Å². The number of aliphatic hydroxyl groups is 2. The predicted octanol–water partition coefficient (Wildman–Crippen LogP) is 2.53. The van der Waals surface area contributed by atoms with Gasteiger partial charge in [0.2, 0.25) is 0 Å². The Bertz CT molecular complexity index is 364. The van der Waals surface area contributed by atoms with E-state index in [1.165, 1.54) is 0 Å². The number of rotatable bonds is 8. The van der Waals surface area contributed by atoms with E-state index in [-0.39, 0.29) is 12.0 Å². The van der Waals surface area contributed by atoms with E-state index in [1.54, 1.807) is 6.08 Å². The molecule has 0 bridgehead atoms. The topological polar surface area (TPSA) is 49.7 Å². The van der Waals surface area contributed by atoms with Crippen molar-refractivity contribution in [2.75, 3.05) is 0 Å². The van der Waals surface area contributed by atoms with Gasteiger partial charge in [0.15, 0.2) is 0 Å². The Labute approximate surface area is 115 Å². The molecule has 106 valence electrons. The Hall–Kier alpha value is -1.16. The van der Waals surface area contributed by atoms with Gasteiger partial charge < -0.3 is 14.9 Å². The lowest BCUT2D eigenvalue weighted by Crippen LogP contribution is -2.38. The van der Waals surface area contributed by atoms with Gasteiger partial charge in [0.05, 0.1) is 24.9 Å². The van der Waals surface area contributed by atoms with Crippen LogP contribution in [0.3, 0.4) is 0 Å². The van der Waals surface area contributed by atoms with Gasteiger partial charge in [-0.2, -0.15) is 0 Å². The monoisotopic (exact) mass is 264 g/mol. The maximum atomic E-state index is 10.1. The molecule has 2 N–H and O–H groups in total. The molecule has 4 atom stereocenters. The van der Waals surface area contributed by atoms with Crippen LogP contribution in [-0.2, 0) is 11.3 Å². The summed E-state index contributed by atoms with van der Waals surface area (Å²) in [4.78, 5) is 0. The Kier molecular flexibility index (Phi) is 6.78. The van der Waals surface area contributed by atoms with Crippen molar-refractivity contribution in [3.05, 3.63) is 48.6 Å². The first kappa shape index (κ1) is 15.9. The van der Waals surface area contributed by atoms with E-state index in [9.17, 15) is 10.2 Å². The van der Waals surface area contributed by atoms with Gasteiger partial charge in [-0.25, -0.2) is 0 Å². The van der Waals surface area contributed by atoms with Crippen molar-refractivity contribution < 1.29 is 14.9 Å². The van der Waals surface area contributed by atoms with E-state index in [2.05, 4.69) is 6.58 Å². The molecule has 0 saturated carbocycles. The van der Waals surface area contributed by atoms with Crippen LogP contribution in [0.25, 0.3) is 0 Å². The highest BCUT2D eigenvalue weighted by Crippen LogP contribution is 2.17. The standard InChI is InChI=1S/C16H24O3/c1-4-8-15(17)12(2)16(18)13(3)19-11-14-9-6-5-7-10-14/h4-7,9-10,12-13,15-18H,1,8,11H2,2-3H3/t12-,13-,15+,16+/m0/s1. The molecule has 0 saturated heterocycles. The second-order valence-electron chi connectivity index (χ2n) is 4.94. The summed E-state index contributed by atoms with van der Waals surface area (Å²) in [6, 6.07) is 9.83. The zero-order valence-corrected chi connectivity index (χ0v) is 11.7. The third kappa shape index (κ3) is 5.15. The first-order valence-corrected chi connectivity index (χ1v) is 6.68. The van der Waals surface area contributed by atoms with E-state index in [4.69, 9.17) is 4.74 Å². The lowest BCUT2D eigenvalue weighted by atomic mass is 9.93. The van der Waals surface area contributed by atoms with Crippen molar-refractivity contribution in [1.82, 2.24) is 0 Å². The molecule has 0 spiro atoms. The van der Waals surface area contributed by atoms with Crippen LogP contribution in [0, 0.1) is 5.92 Å². The maximum absolute atomic E-state index is 10.1. The van der Waals surface area contributed by atoms with Crippen LogP contribution in [0.15, 0.2) is 43.0 Å². The lowest BCUT2D eigenvalue weighted by molar-refractivity contribution is -0.0801. The molecule has 0 aliphatic rings. The van der Waals surface area contributed by atoms with Crippen molar-refractivity contribution in [3.8, 4) is 0 Å². The molecule has 0 heterocycles. The van der Waals surface area contributed by atoms with Gasteiger partial charge in [0.25, 0.3) is 0 Å². The summed E-state index contributed by atoms with van der Waals surface area (Å²) in [6.07, 6.45) is 0.524. The predicted molar refractivity (Wildman–Crippen MR) is 76.7 cm³/mol. The van der Waals surface area contributed by atoms with Gasteiger partial charge in [0.1, 0.15) is 0 Å². The summed E-state index contributed by atoms with van der Waals surface area (Å²) >= 11 is 0. The normalized spacial score (nSPS) is 17.5. The summed E-state index contributed by atoms with van der Waals surface area (Å²) in [5.41, 5.74) is 1.07. The summed E-state index contributed by atoms with van der Waals surface area (Å²) in [7, 11) is 0. The Morgan fingerprint density at radius 3 is 2.42 bits per heavy atom. The number of aliphatic hydroxyl groups excluding tert-OH is 2. The minimum atomic E-state index is -0.696. The van der Waals surface area contributed by atoms with Gasteiger partial charge in [-0.15, -0.1) is 6.58 Å². The summed E-state index contributed by atoms with van der Waals surface area (Å²) in [5.74, 6) is -0.247. The quantitative estimate of drug-likeness (QED) is 0.709. The molecule has 1 aromatic carbocycles. The largest absolute Gasteiger partial charge is 0.392 e. The average Bonchev–Trinajstić information content (AvgIpc) is 2.44. The van der Waals surface area contributed by atoms with Crippen LogP contribution in [-0.4, -0.2) is 28.5 Å². The summed E-state index contributed by atoms with van der Waals surface area (Å²) in [5, 5.41) is 20.0. The van der Waals surface area contributed by atoms with E-state index in [1.807, 2.05) is 44.2 Å². The fourth-order valence-electron chi connectivity index (χ4n) is 1.94. The van der Waals surface area contributed by atoms with Crippen LogP contribution in [0.1, 0.15) is 25.8 Å². The highest BCUT2D eigenvalue weighted by atomic mass is 16.5. The number of ether oxygens (including phenoxy) is 1. The molecule has 0 unspecified atom stereocenters. The van der Waals surface area contributed by atoms with Crippen molar-refractivity contribution in [3.63, 3.8) is 0 Å². The van der Waals surface area contributed by atoms with E-state index in [0.29, 0.717) is 13.0 Å². The molecule has 0 aliphatic heterocycles. The fraction of sp³-hybridized carbons (Fsp3) is 0.500. The Morgan fingerprint density at radius 2 is 1.84 bits per heavy atom. The van der Waals surface area contributed by atoms with Crippen molar-refractivity contribution >= 4 is 0 Å². The van der Waals surface area contributed by atoms with Crippen LogP contribution >= 0.6 is 0 Å². The first-order valence-electron chi connectivity index (χ1n) is 6.68. The number of benzene rings is 1. The molecule has 1 aromatic rings. The highest BCUT2D eigenvalue weighted by molar-refractivity contribution is 5.13. The Balaban J connectivity index is 2.43. The second-order valence-corrected chi connectivity index (χ2v) is 4.94. The number of hydrogen-bond donors (Lipinski definition) is 2. The molecule has 1 rings (SSSR count). The molecular weight excluding hydrogens is 240 g/mol. The van der Waals surface area contributed by atoms with E-state index in [0.717, 1.165) is 5.56 Å². The minimum absolute atomic E-state index is 0.247. The molecular formula is C16H24O3. The third-order valence-electron chi connectivity index (χ3n) is 3.39. The second kappa shape index (κ2) is 8.10. The van der Waals surface area contributed by atoms with Crippen LogP contribution in [0.5, 0.6) is 0 Å². The Morgan fingerprint density at radius 1 is 1.21 bits per heavy atom. The molecule has 19 heavy (non-hydrogen) atoms. The lowest BCUT2D eigenvalue weighted by Gasteiger charge is -2.28. The molecule has 0 amide bonds. The van der Waals surface area contributed by atoms with Gasteiger partial charge >= 0.3 is 0 Å². The molecule has 0 aliphatic carbocycles. The molecule has 0 fully saturated rings. The third-order valence-corrected chi connectivity index (χ3v) is 3.39. The fourth-order valence-corrected chi connectivity index (χ4v) is 1.94. The molecule has 3 nitrogen and oxygen atoms in total. The van der Waals surface area contributed by atoms with Gasteiger partial charge in [-0.05, 0) is 18.9 Å². The van der Waals surface area contributed by atoms with Crippen molar-refractivity contribution in [2.24, 2.45) is 5.92 Å². The van der Waals surface area contributed by atoms with Gasteiger partial charge in [-0.1, -0.05) is 43.3 Å². The maximum Gasteiger partial charge on any atom is 0.0849 e. The van der Waals surface area contributed by atoms with Crippen LogP contribution in [0.4, 0.5) is 0 Å². The first-order chi connectivity index (χ1) is 9.06. The van der Waals surface area contributed by atoms with Crippen LogP contribution in [0.2, 0.25) is 0 Å². The van der Waals surface area contributed by atoms with Gasteiger partial charge in [0, 0.05) is 5.92 Å². The molecule has 3 heteroatoms. The summed E-state index contributed by atoms with van der Waals surface area (Å²) in [6.45, 7) is 7.70.